The van der Waals surface area contributed by atoms with Gasteiger partial charge >= 0.3 is 5.97 Å². The van der Waals surface area contributed by atoms with Crippen molar-refractivity contribution in [3.63, 3.8) is 0 Å². The third-order valence-electron chi connectivity index (χ3n) is 7.12. The summed E-state index contributed by atoms with van der Waals surface area (Å²) in [5, 5.41) is 3.23. The number of para-hydroxylation sites is 1. The molecule has 0 aliphatic carbocycles. The lowest BCUT2D eigenvalue weighted by Crippen LogP contribution is -2.33. The lowest BCUT2D eigenvalue weighted by molar-refractivity contribution is -0.141. The van der Waals surface area contributed by atoms with Crippen LogP contribution in [-0.2, 0) is 20.7 Å². The van der Waals surface area contributed by atoms with Gasteiger partial charge < -0.3 is 24.4 Å². The Morgan fingerprint density at radius 1 is 0.844 bits per heavy atom. The lowest BCUT2D eigenvalue weighted by Gasteiger charge is -2.22. The zero-order chi connectivity index (χ0) is 32.0. The molecule has 8 heteroatoms. The number of hydrogen-bond acceptors (Lipinski definition) is 7. The minimum absolute atomic E-state index is 0.115. The molecule has 1 atom stereocenters. The van der Waals surface area contributed by atoms with Crippen molar-refractivity contribution < 1.29 is 28.6 Å². The molecule has 0 fully saturated rings. The quantitative estimate of drug-likeness (QED) is 0.0715. The van der Waals surface area contributed by atoms with Crippen LogP contribution >= 0.6 is 0 Å². The van der Waals surface area contributed by atoms with Crippen LogP contribution in [0, 0.1) is 0 Å². The summed E-state index contributed by atoms with van der Waals surface area (Å²) in [5.74, 6) is 0.660. The first-order chi connectivity index (χ1) is 21.9. The average molecular weight is 607 g/mol. The fourth-order valence-electron chi connectivity index (χ4n) is 4.82. The number of ketones is 1. The molecule has 0 unspecified atom stereocenters. The maximum Gasteiger partial charge on any atom is 0.328 e. The third-order valence-corrected chi connectivity index (χ3v) is 7.12. The Morgan fingerprint density at radius 3 is 2.29 bits per heavy atom. The van der Waals surface area contributed by atoms with Gasteiger partial charge in [-0.15, -0.1) is 0 Å². The van der Waals surface area contributed by atoms with Crippen molar-refractivity contribution in [3.05, 3.63) is 132 Å². The highest BCUT2D eigenvalue weighted by atomic mass is 16.5. The molecule has 1 N–H and O–H groups in total. The first-order valence-corrected chi connectivity index (χ1v) is 14.8. The van der Waals surface area contributed by atoms with E-state index in [9.17, 15) is 14.4 Å². The van der Waals surface area contributed by atoms with E-state index in [2.05, 4.69) is 5.32 Å². The normalized spacial score (nSPS) is 11.4. The Labute approximate surface area is 264 Å². The molecule has 4 rings (SSSR count). The Balaban J connectivity index is 1.37. The molecule has 0 aliphatic rings. The number of methoxy groups -OCH3 is 2. The first kappa shape index (κ1) is 32.5. The number of nitrogens with one attached hydrogen (secondary N) is 1. The number of carbonyl (C=O) groups excluding carboxylic acids is 3. The van der Waals surface area contributed by atoms with E-state index < -0.39 is 12.0 Å². The molecule has 45 heavy (non-hydrogen) atoms. The van der Waals surface area contributed by atoms with Crippen molar-refractivity contribution in [3.8, 4) is 11.5 Å². The van der Waals surface area contributed by atoms with Crippen molar-refractivity contribution in [2.75, 3.05) is 37.6 Å². The Bertz CT molecular complexity index is 1600. The van der Waals surface area contributed by atoms with E-state index in [1.54, 1.807) is 48.4 Å². The average Bonchev–Trinajstić information content (AvgIpc) is 3.08. The van der Waals surface area contributed by atoms with Crippen molar-refractivity contribution in [1.82, 2.24) is 0 Å². The predicted molar refractivity (Wildman–Crippen MR) is 176 cm³/mol. The molecule has 4 aromatic rings. The molecule has 232 valence electrons. The van der Waals surface area contributed by atoms with E-state index in [0.717, 1.165) is 11.3 Å². The van der Waals surface area contributed by atoms with Gasteiger partial charge in [0, 0.05) is 41.5 Å². The number of amides is 1. The molecule has 0 radical (unpaired) electrons. The highest BCUT2D eigenvalue weighted by Gasteiger charge is 2.23. The first-order valence-electron chi connectivity index (χ1n) is 14.8. The maximum absolute atomic E-state index is 13.2. The van der Waals surface area contributed by atoms with E-state index in [0.29, 0.717) is 54.3 Å². The fraction of sp³-hybridized carbons (Fsp3) is 0.216. The number of carbonyl (C=O) groups is 3. The van der Waals surface area contributed by atoms with Gasteiger partial charge in [0.1, 0.15) is 17.5 Å². The maximum atomic E-state index is 13.2. The highest BCUT2D eigenvalue weighted by Crippen LogP contribution is 2.24. The summed E-state index contributed by atoms with van der Waals surface area (Å²) in [6.07, 6.45) is 4.20. The fourth-order valence-corrected chi connectivity index (χ4v) is 4.82. The van der Waals surface area contributed by atoms with Gasteiger partial charge in [0.25, 0.3) is 5.91 Å². The van der Waals surface area contributed by atoms with Gasteiger partial charge in [0.05, 0.1) is 20.8 Å². The number of ether oxygens (including phenoxy) is 3. The third kappa shape index (κ3) is 9.06. The minimum Gasteiger partial charge on any atom is -0.497 e. The van der Waals surface area contributed by atoms with Crippen molar-refractivity contribution in [1.29, 1.82) is 0 Å². The van der Waals surface area contributed by atoms with E-state index in [1.807, 2.05) is 79.7 Å². The van der Waals surface area contributed by atoms with Crippen LogP contribution < -0.4 is 19.7 Å². The summed E-state index contributed by atoms with van der Waals surface area (Å²) in [7, 11) is 2.94. The minimum atomic E-state index is -0.719. The summed E-state index contributed by atoms with van der Waals surface area (Å²) in [4.78, 5) is 40.4. The van der Waals surface area contributed by atoms with Crippen LogP contribution in [0.4, 0.5) is 11.4 Å². The molecule has 4 aromatic carbocycles. The SMILES string of the molecule is CC=CC(=O)N(CCCOc1ccc(C[C@H](Nc2ccccc2C(=O)c2ccccc2)C(=O)OC)cc1)c1cccc(OC)c1. The number of allylic oxidation sites excluding steroid dienone is 1. The van der Waals surface area contributed by atoms with E-state index in [4.69, 9.17) is 14.2 Å². The summed E-state index contributed by atoms with van der Waals surface area (Å²) in [6, 6.07) is 30.3. The van der Waals surface area contributed by atoms with Gasteiger partial charge in [-0.3, -0.25) is 9.59 Å². The summed E-state index contributed by atoms with van der Waals surface area (Å²) in [6.45, 7) is 2.68. The molecule has 0 bridgehead atoms. The van der Waals surface area contributed by atoms with Crippen LogP contribution in [0.5, 0.6) is 11.5 Å². The summed E-state index contributed by atoms with van der Waals surface area (Å²) in [5.41, 5.74) is 3.23. The number of anilines is 2. The van der Waals surface area contributed by atoms with E-state index in [-0.39, 0.29) is 11.7 Å². The van der Waals surface area contributed by atoms with Gasteiger partial charge in [-0.2, -0.15) is 0 Å². The van der Waals surface area contributed by atoms with Crippen molar-refractivity contribution >= 4 is 29.0 Å². The molecule has 0 saturated heterocycles. The van der Waals surface area contributed by atoms with Crippen LogP contribution in [0.2, 0.25) is 0 Å². The van der Waals surface area contributed by atoms with Crippen LogP contribution in [0.25, 0.3) is 0 Å². The molecule has 0 saturated carbocycles. The van der Waals surface area contributed by atoms with E-state index in [1.165, 1.54) is 13.2 Å². The molecule has 0 heterocycles. The van der Waals surface area contributed by atoms with E-state index >= 15 is 0 Å². The monoisotopic (exact) mass is 606 g/mol. The van der Waals surface area contributed by atoms with Crippen LogP contribution in [0.3, 0.4) is 0 Å². The second kappa shape index (κ2) is 16.5. The molecule has 8 nitrogen and oxygen atoms in total. The van der Waals surface area contributed by atoms with Gasteiger partial charge in [0.15, 0.2) is 5.78 Å². The van der Waals surface area contributed by atoms with Gasteiger partial charge in [-0.1, -0.05) is 66.7 Å². The van der Waals surface area contributed by atoms with Crippen LogP contribution in [-0.4, -0.2) is 51.1 Å². The zero-order valence-corrected chi connectivity index (χ0v) is 25.8. The number of hydrogen-bond donors (Lipinski definition) is 1. The number of esters is 1. The summed E-state index contributed by atoms with van der Waals surface area (Å²) < 4.78 is 16.4. The standard InChI is InChI=1S/C37H38N2O6/c1-4-12-35(40)39(29-15-10-16-31(26-29)43-2)23-11-24-45-30-21-19-27(20-22-30)25-34(37(42)44-3)38-33-18-9-8-17-32(33)36(41)28-13-6-5-7-14-28/h4-10,12-22,26,34,38H,11,23-25H2,1-3H3/t34-/m0/s1. The summed E-state index contributed by atoms with van der Waals surface area (Å²) >= 11 is 0. The second-order valence-electron chi connectivity index (χ2n) is 10.2. The number of nitrogens with zero attached hydrogens (tertiary/aromatic N) is 1. The van der Waals surface area contributed by atoms with Crippen molar-refractivity contribution in [2.45, 2.75) is 25.8 Å². The highest BCUT2D eigenvalue weighted by molar-refractivity contribution is 6.12. The van der Waals surface area contributed by atoms with Gasteiger partial charge in [0.2, 0.25) is 0 Å². The predicted octanol–water partition coefficient (Wildman–Crippen LogP) is 6.50. The Kier molecular flexibility index (Phi) is 11.9. The second-order valence-corrected chi connectivity index (χ2v) is 10.2. The van der Waals surface area contributed by atoms with Gasteiger partial charge in [-0.25, -0.2) is 4.79 Å². The Hall–Kier alpha value is -5.37. The molecule has 0 aromatic heterocycles. The van der Waals surface area contributed by atoms with Gasteiger partial charge in [-0.05, 0) is 61.4 Å². The number of benzene rings is 4. The van der Waals surface area contributed by atoms with Crippen LogP contribution in [0.15, 0.2) is 115 Å². The lowest BCUT2D eigenvalue weighted by atomic mass is 10.00. The molecule has 1 amide bonds. The zero-order valence-electron chi connectivity index (χ0n) is 25.8. The smallest absolute Gasteiger partial charge is 0.328 e. The van der Waals surface area contributed by atoms with Crippen LogP contribution in [0.1, 0.15) is 34.8 Å². The largest absolute Gasteiger partial charge is 0.497 e. The molecule has 0 aliphatic heterocycles. The molecule has 0 spiro atoms. The van der Waals surface area contributed by atoms with Crippen molar-refractivity contribution in [2.24, 2.45) is 0 Å². The Morgan fingerprint density at radius 2 is 1.58 bits per heavy atom. The molecular formula is C37H38N2O6. The number of rotatable bonds is 15. The molecular weight excluding hydrogens is 568 g/mol. The topological polar surface area (TPSA) is 94.2 Å².